The molecule has 0 saturated carbocycles. The van der Waals surface area contributed by atoms with Gasteiger partial charge in [-0.05, 0) is 42.2 Å². The molecule has 1 aromatic heterocycles. The van der Waals surface area contributed by atoms with E-state index in [0.717, 1.165) is 23.1 Å². The predicted octanol–water partition coefficient (Wildman–Crippen LogP) is 4.26. The first-order valence-electron chi connectivity index (χ1n) is 10.4. The van der Waals surface area contributed by atoms with Crippen LogP contribution in [0.25, 0.3) is 0 Å². The Morgan fingerprint density at radius 1 is 1.03 bits per heavy atom. The second-order valence-corrected chi connectivity index (χ2v) is 7.12. The van der Waals surface area contributed by atoms with Crippen LogP contribution in [0.5, 0.6) is 0 Å². The summed E-state index contributed by atoms with van der Waals surface area (Å²) in [4.78, 5) is 19.0. The zero-order valence-electron chi connectivity index (χ0n) is 17.6. The van der Waals surface area contributed by atoms with Crippen molar-refractivity contribution in [2.75, 3.05) is 13.1 Å². The molecule has 0 saturated heterocycles. The Labute approximate surface area is 183 Å². The first-order chi connectivity index (χ1) is 15.2. The standard InChI is InChI=1S/C26H26N4O/c1-2-30(18-15-21-13-16-28-17-14-21)20-24(19-27)26(31)29-25(22-9-5-3-6-10-22)23-11-7-4-8-12-23/h3-14,16-17,20,25H,2,15,18H2,1H3,(H,29,31)/b24-20-. The molecule has 0 aliphatic heterocycles. The number of aromatic nitrogens is 1. The maximum atomic E-state index is 13.0. The zero-order valence-corrected chi connectivity index (χ0v) is 17.6. The highest BCUT2D eigenvalue weighted by Gasteiger charge is 2.19. The van der Waals surface area contributed by atoms with Gasteiger partial charge in [-0.3, -0.25) is 9.78 Å². The van der Waals surface area contributed by atoms with Crippen LogP contribution in [-0.4, -0.2) is 28.9 Å². The van der Waals surface area contributed by atoms with Gasteiger partial charge in [-0.2, -0.15) is 5.26 Å². The molecule has 0 aliphatic rings. The van der Waals surface area contributed by atoms with Crippen molar-refractivity contribution in [3.63, 3.8) is 0 Å². The number of amides is 1. The fraction of sp³-hybridized carbons (Fsp3) is 0.192. The lowest BCUT2D eigenvalue weighted by atomic mass is 9.98. The van der Waals surface area contributed by atoms with E-state index in [1.165, 1.54) is 0 Å². The summed E-state index contributed by atoms with van der Waals surface area (Å²) < 4.78 is 0. The van der Waals surface area contributed by atoms with Gasteiger partial charge in [0.05, 0.1) is 6.04 Å². The Kier molecular flexibility index (Phi) is 7.96. The van der Waals surface area contributed by atoms with Crippen molar-refractivity contribution < 1.29 is 4.79 Å². The summed E-state index contributed by atoms with van der Waals surface area (Å²) in [7, 11) is 0. The van der Waals surface area contributed by atoms with Gasteiger partial charge in [-0.15, -0.1) is 0 Å². The molecular weight excluding hydrogens is 384 g/mol. The smallest absolute Gasteiger partial charge is 0.264 e. The number of rotatable bonds is 9. The molecule has 0 aliphatic carbocycles. The number of hydrogen-bond acceptors (Lipinski definition) is 4. The van der Waals surface area contributed by atoms with Crippen LogP contribution in [0.15, 0.2) is 97.0 Å². The zero-order chi connectivity index (χ0) is 21.9. The van der Waals surface area contributed by atoms with Gasteiger partial charge in [0.2, 0.25) is 0 Å². The molecule has 0 fully saturated rings. The maximum absolute atomic E-state index is 13.0. The number of nitrogens with one attached hydrogen (secondary N) is 1. The molecule has 0 spiro atoms. The summed E-state index contributed by atoms with van der Waals surface area (Å²) in [6, 6.07) is 25.2. The lowest BCUT2D eigenvalue weighted by Crippen LogP contribution is -2.31. The van der Waals surface area contributed by atoms with E-state index in [2.05, 4.69) is 16.4 Å². The van der Waals surface area contributed by atoms with Gasteiger partial charge in [0.25, 0.3) is 5.91 Å². The van der Waals surface area contributed by atoms with Crippen LogP contribution in [0.2, 0.25) is 0 Å². The second-order valence-electron chi connectivity index (χ2n) is 7.12. The number of carbonyl (C=O) groups is 1. The first kappa shape index (κ1) is 21.8. The van der Waals surface area contributed by atoms with E-state index in [-0.39, 0.29) is 17.5 Å². The Morgan fingerprint density at radius 3 is 2.13 bits per heavy atom. The molecule has 5 heteroatoms. The minimum Gasteiger partial charge on any atom is -0.376 e. The van der Waals surface area contributed by atoms with Crippen molar-refractivity contribution in [3.8, 4) is 6.07 Å². The number of pyridine rings is 1. The molecule has 2 aromatic carbocycles. The Hall–Kier alpha value is -3.91. The number of likely N-dealkylation sites (N-methyl/N-ethyl adjacent to an activating group) is 1. The van der Waals surface area contributed by atoms with Crippen molar-refractivity contribution in [3.05, 3.63) is 114 Å². The molecule has 0 radical (unpaired) electrons. The average molecular weight is 411 g/mol. The third kappa shape index (κ3) is 6.28. The highest BCUT2D eigenvalue weighted by molar-refractivity contribution is 5.97. The van der Waals surface area contributed by atoms with E-state index in [9.17, 15) is 10.1 Å². The van der Waals surface area contributed by atoms with Gasteiger partial charge in [-0.25, -0.2) is 0 Å². The Balaban J connectivity index is 1.76. The van der Waals surface area contributed by atoms with E-state index in [0.29, 0.717) is 13.1 Å². The van der Waals surface area contributed by atoms with Crippen LogP contribution >= 0.6 is 0 Å². The van der Waals surface area contributed by atoms with E-state index < -0.39 is 0 Å². The highest BCUT2D eigenvalue weighted by atomic mass is 16.1. The van der Waals surface area contributed by atoms with E-state index in [1.54, 1.807) is 18.6 Å². The van der Waals surface area contributed by atoms with Crippen molar-refractivity contribution in [1.29, 1.82) is 5.26 Å². The molecule has 156 valence electrons. The fourth-order valence-corrected chi connectivity index (χ4v) is 3.32. The summed E-state index contributed by atoms with van der Waals surface area (Å²) in [5.41, 5.74) is 3.18. The van der Waals surface area contributed by atoms with E-state index in [4.69, 9.17) is 0 Å². The monoisotopic (exact) mass is 410 g/mol. The third-order valence-electron chi connectivity index (χ3n) is 5.06. The van der Waals surface area contributed by atoms with Crippen LogP contribution in [-0.2, 0) is 11.2 Å². The molecule has 3 aromatic rings. The van der Waals surface area contributed by atoms with Crippen LogP contribution in [0.3, 0.4) is 0 Å². The van der Waals surface area contributed by atoms with Gasteiger partial charge in [0, 0.05) is 31.7 Å². The minimum atomic E-state index is -0.387. The summed E-state index contributed by atoms with van der Waals surface area (Å²) in [6.07, 6.45) is 6.00. The SMILES string of the molecule is CCN(/C=C(/C#N)C(=O)NC(c1ccccc1)c1ccccc1)CCc1ccncc1. The summed E-state index contributed by atoms with van der Waals surface area (Å²) in [5, 5.41) is 12.7. The molecule has 0 bridgehead atoms. The van der Waals surface area contributed by atoms with Crippen molar-refractivity contribution in [1.82, 2.24) is 15.2 Å². The Morgan fingerprint density at radius 2 is 1.61 bits per heavy atom. The van der Waals surface area contributed by atoms with Gasteiger partial charge in [0.1, 0.15) is 11.6 Å². The molecule has 1 heterocycles. The number of carbonyl (C=O) groups excluding carboxylic acids is 1. The molecular formula is C26H26N4O. The quantitative estimate of drug-likeness (QED) is 0.423. The summed E-state index contributed by atoms with van der Waals surface area (Å²) in [5.74, 6) is -0.387. The van der Waals surface area contributed by atoms with Gasteiger partial charge >= 0.3 is 0 Å². The van der Waals surface area contributed by atoms with Crippen LogP contribution < -0.4 is 5.32 Å². The van der Waals surface area contributed by atoms with E-state index >= 15 is 0 Å². The highest BCUT2D eigenvalue weighted by Crippen LogP contribution is 2.22. The second kappa shape index (κ2) is 11.3. The number of hydrogen-bond donors (Lipinski definition) is 1. The number of benzene rings is 2. The third-order valence-corrected chi connectivity index (χ3v) is 5.06. The molecule has 0 unspecified atom stereocenters. The number of nitriles is 1. The number of nitrogens with zero attached hydrogens (tertiary/aromatic N) is 3. The fourth-order valence-electron chi connectivity index (χ4n) is 3.32. The van der Waals surface area contributed by atoms with Crippen LogP contribution in [0.1, 0.15) is 29.7 Å². The molecule has 3 rings (SSSR count). The van der Waals surface area contributed by atoms with Crippen LogP contribution in [0, 0.1) is 11.3 Å². The molecule has 1 N–H and O–H groups in total. The van der Waals surface area contributed by atoms with Crippen molar-refractivity contribution in [2.45, 2.75) is 19.4 Å². The molecule has 1 amide bonds. The first-order valence-corrected chi connectivity index (χ1v) is 10.4. The van der Waals surface area contributed by atoms with Gasteiger partial charge in [0.15, 0.2) is 0 Å². The van der Waals surface area contributed by atoms with Crippen LogP contribution in [0.4, 0.5) is 0 Å². The van der Waals surface area contributed by atoms with Crippen molar-refractivity contribution >= 4 is 5.91 Å². The van der Waals surface area contributed by atoms with Crippen molar-refractivity contribution in [2.24, 2.45) is 0 Å². The molecule has 0 atom stereocenters. The average Bonchev–Trinajstić information content (AvgIpc) is 2.84. The predicted molar refractivity (Wildman–Crippen MR) is 122 cm³/mol. The normalized spacial score (nSPS) is 11.1. The lowest BCUT2D eigenvalue weighted by molar-refractivity contribution is -0.117. The molecule has 5 nitrogen and oxygen atoms in total. The van der Waals surface area contributed by atoms with E-state index in [1.807, 2.05) is 84.6 Å². The van der Waals surface area contributed by atoms with Gasteiger partial charge in [-0.1, -0.05) is 60.7 Å². The largest absolute Gasteiger partial charge is 0.376 e. The summed E-state index contributed by atoms with van der Waals surface area (Å²) >= 11 is 0. The minimum absolute atomic E-state index is 0.0911. The maximum Gasteiger partial charge on any atom is 0.264 e. The molecule has 31 heavy (non-hydrogen) atoms. The Bertz CT molecular complexity index is 988. The summed E-state index contributed by atoms with van der Waals surface area (Å²) in [6.45, 7) is 3.41. The lowest BCUT2D eigenvalue weighted by Gasteiger charge is -2.21. The topological polar surface area (TPSA) is 69.0 Å². The van der Waals surface area contributed by atoms with Gasteiger partial charge < -0.3 is 10.2 Å².